The van der Waals surface area contributed by atoms with Gasteiger partial charge in [0.2, 0.25) is 0 Å². The first-order valence-corrected chi connectivity index (χ1v) is 5.88. The number of hydrogen-bond donors (Lipinski definition) is 2. The molecule has 1 aromatic carbocycles. The Bertz CT molecular complexity index is 504. The average molecular weight is 281 g/mol. The normalized spacial score (nSPS) is 9.65. The van der Waals surface area contributed by atoms with Gasteiger partial charge in [0.1, 0.15) is 5.69 Å². The zero-order valence-corrected chi connectivity index (χ0v) is 10.9. The molecule has 0 heterocycles. The van der Waals surface area contributed by atoms with E-state index in [1.807, 2.05) is 0 Å². The third-order valence-electron chi connectivity index (χ3n) is 2.27. The molecule has 0 aliphatic carbocycles. The van der Waals surface area contributed by atoms with E-state index in [-0.39, 0.29) is 18.8 Å². The van der Waals surface area contributed by atoms with Crippen molar-refractivity contribution in [1.82, 2.24) is 5.32 Å². The lowest BCUT2D eigenvalue weighted by atomic mass is 10.2. The monoisotopic (exact) mass is 281 g/mol. The van der Waals surface area contributed by atoms with Gasteiger partial charge in [0.25, 0.3) is 11.6 Å². The van der Waals surface area contributed by atoms with Crippen molar-refractivity contribution in [3.05, 3.63) is 34.4 Å². The van der Waals surface area contributed by atoms with E-state index in [1.54, 1.807) is 18.2 Å². The van der Waals surface area contributed by atoms with E-state index in [1.165, 1.54) is 13.0 Å². The van der Waals surface area contributed by atoms with Crippen molar-refractivity contribution in [3.63, 3.8) is 0 Å². The number of anilines is 1. The number of nitrogens with one attached hydrogen (secondary N) is 2. The zero-order valence-electron chi connectivity index (χ0n) is 10.9. The fourth-order valence-corrected chi connectivity index (χ4v) is 1.40. The molecule has 0 aliphatic heterocycles. The highest BCUT2D eigenvalue weighted by molar-refractivity contribution is 5.79. The Morgan fingerprint density at radius 2 is 2.00 bits per heavy atom. The second-order valence-corrected chi connectivity index (χ2v) is 3.83. The van der Waals surface area contributed by atoms with Gasteiger partial charge in [-0.1, -0.05) is 12.1 Å². The summed E-state index contributed by atoms with van der Waals surface area (Å²) in [4.78, 5) is 32.0. The van der Waals surface area contributed by atoms with Crippen LogP contribution in [0.4, 0.5) is 11.4 Å². The molecule has 20 heavy (non-hydrogen) atoms. The van der Waals surface area contributed by atoms with Crippen LogP contribution in [0.1, 0.15) is 6.92 Å². The molecule has 0 bridgehead atoms. The lowest BCUT2D eigenvalue weighted by molar-refractivity contribution is -0.384. The molecule has 0 saturated carbocycles. The summed E-state index contributed by atoms with van der Waals surface area (Å²) >= 11 is 0. The zero-order chi connectivity index (χ0) is 15.0. The Morgan fingerprint density at radius 1 is 1.30 bits per heavy atom. The first-order chi connectivity index (χ1) is 9.50. The van der Waals surface area contributed by atoms with Crippen molar-refractivity contribution in [2.75, 3.05) is 25.0 Å². The van der Waals surface area contributed by atoms with E-state index >= 15 is 0 Å². The van der Waals surface area contributed by atoms with Crippen LogP contribution in [0.3, 0.4) is 0 Å². The van der Waals surface area contributed by atoms with E-state index in [0.29, 0.717) is 12.2 Å². The maximum absolute atomic E-state index is 11.2. The van der Waals surface area contributed by atoms with E-state index in [9.17, 15) is 19.7 Å². The molecule has 0 radical (unpaired) electrons. The number of nitrogens with zero attached hydrogens (tertiary/aromatic N) is 1. The molecule has 108 valence electrons. The van der Waals surface area contributed by atoms with Crippen LogP contribution in [-0.4, -0.2) is 36.5 Å². The lowest BCUT2D eigenvalue weighted by Crippen LogP contribution is -2.32. The van der Waals surface area contributed by atoms with E-state index in [0.717, 1.165) is 0 Å². The molecule has 1 rings (SSSR count). The topological polar surface area (TPSA) is 111 Å². The molecule has 1 aromatic rings. The number of esters is 1. The second kappa shape index (κ2) is 7.72. The summed E-state index contributed by atoms with van der Waals surface area (Å²) in [5, 5.41) is 16.1. The number of carbonyl (C=O) groups excluding carboxylic acids is 2. The number of nitro groups is 1. The van der Waals surface area contributed by atoms with Gasteiger partial charge < -0.3 is 15.4 Å². The highest BCUT2D eigenvalue weighted by Crippen LogP contribution is 2.22. The molecule has 0 unspecified atom stereocenters. The Morgan fingerprint density at radius 3 is 2.65 bits per heavy atom. The largest absolute Gasteiger partial charge is 0.456 e. The standard InChI is InChI=1S/C12H15N3O5/c1-9(16)20-8-12(17)14-7-6-13-10-4-2-3-5-11(10)15(18)19/h2-5,13H,6-8H2,1H3,(H,14,17). The Hall–Kier alpha value is -2.64. The highest BCUT2D eigenvalue weighted by atomic mass is 16.6. The van der Waals surface area contributed by atoms with Gasteiger partial charge in [0, 0.05) is 26.1 Å². The minimum atomic E-state index is -0.529. The van der Waals surface area contributed by atoms with Crippen LogP contribution >= 0.6 is 0 Å². The van der Waals surface area contributed by atoms with E-state index < -0.39 is 16.8 Å². The Balaban J connectivity index is 2.33. The van der Waals surface area contributed by atoms with Gasteiger partial charge in [-0.2, -0.15) is 0 Å². The van der Waals surface area contributed by atoms with Gasteiger partial charge in [0.05, 0.1) is 4.92 Å². The first-order valence-electron chi connectivity index (χ1n) is 5.88. The molecule has 2 N–H and O–H groups in total. The molecule has 0 atom stereocenters. The summed E-state index contributed by atoms with van der Waals surface area (Å²) in [7, 11) is 0. The number of ether oxygens (including phenoxy) is 1. The fourth-order valence-electron chi connectivity index (χ4n) is 1.40. The highest BCUT2D eigenvalue weighted by Gasteiger charge is 2.11. The summed E-state index contributed by atoms with van der Waals surface area (Å²) in [6, 6.07) is 6.22. The van der Waals surface area contributed by atoms with Crippen molar-refractivity contribution in [3.8, 4) is 0 Å². The Kier molecular flexibility index (Phi) is 5.95. The van der Waals surface area contributed by atoms with Gasteiger partial charge in [-0.25, -0.2) is 0 Å². The number of nitro benzene ring substituents is 1. The molecule has 8 nitrogen and oxygen atoms in total. The van der Waals surface area contributed by atoms with Crippen LogP contribution in [-0.2, 0) is 14.3 Å². The predicted molar refractivity (Wildman–Crippen MR) is 71.2 cm³/mol. The van der Waals surface area contributed by atoms with Gasteiger partial charge in [0.15, 0.2) is 6.61 Å². The summed E-state index contributed by atoms with van der Waals surface area (Å²) in [6.45, 7) is 1.45. The van der Waals surface area contributed by atoms with Crippen molar-refractivity contribution >= 4 is 23.3 Å². The molecule has 8 heteroatoms. The molecule has 0 aliphatic rings. The van der Waals surface area contributed by atoms with Gasteiger partial charge in [-0.3, -0.25) is 19.7 Å². The van der Waals surface area contributed by atoms with Crippen LogP contribution in [0.2, 0.25) is 0 Å². The molecular formula is C12H15N3O5. The second-order valence-electron chi connectivity index (χ2n) is 3.83. The van der Waals surface area contributed by atoms with E-state index in [2.05, 4.69) is 15.4 Å². The molecule has 0 fully saturated rings. The van der Waals surface area contributed by atoms with Crippen molar-refractivity contribution < 1.29 is 19.2 Å². The average Bonchev–Trinajstić information content (AvgIpc) is 2.41. The van der Waals surface area contributed by atoms with Gasteiger partial charge >= 0.3 is 5.97 Å². The van der Waals surface area contributed by atoms with Crippen LogP contribution < -0.4 is 10.6 Å². The number of carbonyl (C=O) groups is 2. The van der Waals surface area contributed by atoms with Crippen molar-refractivity contribution in [2.24, 2.45) is 0 Å². The van der Waals surface area contributed by atoms with Crippen LogP contribution in [0, 0.1) is 10.1 Å². The number of rotatable bonds is 7. The number of amides is 1. The van der Waals surface area contributed by atoms with Crippen molar-refractivity contribution in [1.29, 1.82) is 0 Å². The molecule has 0 aromatic heterocycles. The summed E-state index contributed by atoms with van der Waals surface area (Å²) in [5.41, 5.74) is 0.352. The number of hydrogen-bond acceptors (Lipinski definition) is 6. The summed E-state index contributed by atoms with van der Waals surface area (Å²) in [6.07, 6.45) is 0. The number of benzene rings is 1. The molecule has 0 saturated heterocycles. The molecular weight excluding hydrogens is 266 g/mol. The quantitative estimate of drug-likeness (QED) is 0.329. The molecule has 1 amide bonds. The maximum Gasteiger partial charge on any atom is 0.303 e. The van der Waals surface area contributed by atoms with Crippen LogP contribution in [0.5, 0.6) is 0 Å². The third-order valence-corrected chi connectivity index (χ3v) is 2.27. The smallest absolute Gasteiger partial charge is 0.303 e. The SMILES string of the molecule is CC(=O)OCC(=O)NCCNc1ccccc1[N+](=O)[O-]. The summed E-state index contributed by atoms with van der Waals surface area (Å²) < 4.78 is 4.51. The predicted octanol–water partition coefficient (Wildman–Crippen LogP) is 0.686. The van der Waals surface area contributed by atoms with Crippen LogP contribution in [0.15, 0.2) is 24.3 Å². The third kappa shape index (κ3) is 5.34. The fraction of sp³-hybridized carbons (Fsp3) is 0.333. The first kappa shape index (κ1) is 15.4. The lowest BCUT2D eigenvalue weighted by Gasteiger charge is -2.08. The molecule has 0 spiro atoms. The summed E-state index contributed by atoms with van der Waals surface area (Å²) in [5.74, 6) is -0.956. The van der Waals surface area contributed by atoms with E-state index in [4.69, 9.17) is 0 Å². The van der Waals surface area contributed by atoms with Crippen LogP contribution in [0.25, 0.3) is 0 Å². The van der Waals surface area contributed by atoms with Gasteiger partial charge in [-0.15, -0.1) is 0 Å². The maximum atomic E-state index is 11.2. The van der Waals surface area contributed by atoms with Crippen molar-refractivity contribution in [2.45, 2.75) is 6.92 Å². The minimum absolute atomic E-state index is 0.0289. The minimum Gasteiger partial charge on any atom is -0.456 e. The Labute approximate surface area is 115 Å². The number of para-hydroxylation sites is 2. The van der Waals surface area contributed by atoms with Gasteiger partial charge in [-0.05, 0) is 6.07 Å².